The van der Waals surface area contributed by atoms with Crippen molar-refractivity contribution in [1.29, 1.82) is 0 Å². The first-order valence-corrected chi connectivity index (χ1v) is 6.71. The second-order valence-electron chi connectivity index (χ2n) is 5.37. The van der Waals surface area contributed by atoms with Crippen LogP contribution in [0.5, 0.6) is 0 Å². The van der Waals surface area contributed by atoms with E-state index < -0.39 is 0 Å². The average Bonchev–Trinajstić information content (AvgIpc) is 2.42. The Labute approximate surface area is 110 Å². The van der Waals surface area contributed by atoms with Crippen molar-refractivity contribution >= 4 is 0 Å². The van der Waals surface area contributed by atoms with Crippen LogP contribution < -0.4 is 5.73 Å². The van der Waals surface area contributed by atoms with Gasteiger partial charge in [0.15, 0.2) is 0 Å². The quantitative estimate of drug-likeness (QED) is 0.885. The van der Waals surface area contributed by atoms with E-state index in [-0.39, 0.29) is 5.54 Å². The molecule has 1 saturated heterocycles. The molecule has 1 fully saturated rings. The van der Waals surface area contributed by atoms with E-state index in [1.807, 2.05) is 0 Å². The predicted molar refractivity (Wildman–Crippen MR) is 74.5 cm³/mol. The summed E-state index contributed by atoms with van der Waals surface area (Å²) in [6.45, 7) is 5.39. The van der Waals surface area contributed by atoms with Crippen molar-refractivity contribution in [1.82, 2.24) is 4.90 Å². The molecule has 0 aromatic heterocycles. The summed E-state index contributed by atoms with van der Waals surface area (Å²) in [5.41, 5.74) is 8.74. The van der Waals surface area contributed by atoms with Crippen LogP contribution in [0.2, 0.25) is 0 Å². The van der Waals surface area contributed by atoms with Crippen LogP contribution in [-0.2, 0) is 11.3 Å². The first kappa shape index (κ1) is 13.5. The average molecular weight is 248 g/mol. The number of benzene rings is 1. The molecule has 0 amide bonds. The van der Waals surface area contributed by atoms with Gasteiger partial charge in [0.2, 0.25) is 0 Å². The topological polar surface area (TPSA) is 38.5 Å². The minimum absolute atomic E-state index is 0.0144. The zero-order valence-electron chi connectivity index (χ0n) is 11.5. The standard InChI is InChI=1S/C15H24N2O/c1-13-6-3-4-7-14(13)10-17(2)15(11-16)8-5-9-18-12-15/h3-4,6-7H,5,8-12,16H2,1-2H3. The van der Waals surface area contributed by atoms with Gasteiger partial charge in [-0.05, 0) is 37.9 Å². The lowest BCUT2D eigenvalue weighted by atomic mass is 9.90. The smallest absolute Gasteiger partial charge is 0.0662 e. The summed E-state index contributed by atoms with van der Waals surface area (Å²) in [6.07, 6.45) is 2.24. The lowest BCUT2D eigenvalue weighted by molar-refractivity contribution is -0.0375. The fourth-order valence-corrected chi connectivity index (χ4v) is 2.67. The fourth-order valence-electron chi connectivity index (χ4n) is 2.67. The largest absolute Gasteiger partial charge is 0.379 e. The SMILES string of the molecule is Cc1ccccc1CN(C)C1(CN)CCCOC1. The van der Waals surface area contributed by atoms with Gasteiger partial charge < -0.3 is 10.5 Å². The maximum absolute atomic E-state index is 6.01. The molecule has 0 spiro atoms. The normalized spacial score (nSPS) is 24.4. The van der Waals surface area contributed by atoms with Crippen LogP contribution in [-0.4, -0.2) is 37.2 Å². The Balaban J connectivity index is 2.10. The van der Waals surface area contributed by atoms with Gasteiger partial charge in [-0.3, -0.25) is 4.90 Å². The Morgan fingerprint density at radius 2 is 2.17 bits per heavy atom. The van der Waals surface area contributed by atoms with Crippen molar-refractivity contribution in [3.05, 3.63) is 35.4 Å². The second kappa shape index (κ2) is 5.83. The third-order valence-corrected chi connectivity index (χ3v) is 4.16. The number of ether oxygens (including phenoxy) is 1. The lowest BCUT2D eigenvalue weighted by Crippen LogP contribution is -2.56. The Morgan fingerprint density at radius 1 is 1.39 bits per heavy atom. The maximum Gasteiger partial charge on any atom is 0.0662 e. The zero-order valence-corrected chi connectivity index (χ0v) is 11.5. The van der Waals surface area contributed by atoms with Crippen LogP contribution in [0.15, 0.2) is 24.3 Å². The molecule has 0 saturated carbocycles. The number of nitrogens with two attached hydrogens (primary N) is 1. The zero-order chi connectivity index (χ0) is 13.0. The molecule has 1 unspecified atom stereocenters. The minimum Gasteiger partial charge on any atom is -0.379 e. The Kier molecular flexibility index (Phi) is 4.38. The highest BCUT2D eigenvalue weighted by atomic mass is 16.5. The van der Waals surface area contributed by atoms with Gasteiger partial charge in [0, 0.05) is 19.7 Å². The van der Waals surface area contributed by atoms with Crippen molar-refractivity contribution in [3.8, 4) is 0 Å². The van der Waals surface area contributed by atoms with Crippen LogP contribution in [0.1, 0.15) is 24.0 Å². The third kappa shape index (κ3) is 2.74. The van der Waals surface area contributed by atoms with Gasteiger partial charge in [0.05, 0.1) is 12.1 Å². The highest BCUT2D eigenvalue weighted by Gasteiger charge is 2.35. The van der Waals surface area contributed by atoms with E-state index in [0.29, 0.717) is 6.54 Å². The van der Waals surface area contributed by atoms with Crippen molar-refractivity contribution in [2.75, 3.05) is 26.8 Å². The van der Waals surface area contributed by atoms with Crippen LogP contribution in [0.3, 0.4) is 0 Å². The minimum atomic E-state index is 0.0144. The van der Waals surface area contributed by atoms with Gasteiger partial charge in [0.25, 0.3) is 0 Å². The molecule has 3 nitrogen and oxygen atoms in total. The lowest BCUT2D eigenvalue weighted by Gasteiger charge is -2.43. The van der Waals surface area contributed by atoms with E-state index in [1.165, 1.54) is 11.1 Å². The number of nitrogens with zero attached hydrogens (tertiary/aromatic N) is 1. The van der Waals surface area contributed by atoms with Gasteiger partial charge in [0.1, 0.15) is 0 Å². The molecule has 18 heavy (non-hydrogen) atoms. The highest BCUT2D eigenvalue weighted by Crippen LogP contribution is 2.26. The summed E-state index contributed by atoms with van der Waals surface area (Å²) in [7, 11) is 2.16. The van der Waals surface area contributed by atoms with Crippen LogP contribution >= 0.6 is 0 Å². The summed E-state index contributed by atoms with van der Waals surface area (Å²) in [4.78, 5) is 2.37. The van der Waals surface area contributed by atoms with Crippen LogP contribution in [0.25, 0.3) is 0 Å². The summed E-state index contributed by atoms with van der Waals surface area (Å²) in [5, 5.41) is 0. The maximum atomic E-state index is 6.01. The molecule has 1 heterocycles. The first-order valence-electron chi connectivity index (χ1n) is 6.71. The molecule has 2 N–H and O–H groups in total. The van der Waals surface area contributed by atoms with Crippen molar-refractivity contribution in [2.24, 2.45) is 5.73 Å². The molecular weight excluding hydrogens is 224 g/mol. The number of hydrogen-bond donors (Lipinski definition) is 1. The number of likely N-dealkylation sites (N-methyl/N-ethyl adjacent to an activating group) is 1. The Bertz CT molecular complexity index is 386. The highest BCUT2D eigenvalue weighted by molar-refractivity contribution is 5.25. The molecule has 0 radical (unpaired) electrons. The van der Waals surface area contributed by atoms with Crippen molar-refractivity contribution in [3.63, 3.8) is 0 Å². The van der Waals surface area contributed by atoms with Crippen LogP contribution in [0.4, 0.5) is 0 Å². The molecular formula is C15H24N2O. The predicted octanol–water partition coefficient (Wildman–Crippen LogP) is 1.93. The van der Waals surface area contributed by atoms with Crippen LogP contribution in [0, 0.1) is 6.92 Å². The van der Waals surface area contributed by atoms with E-state index in [1.54, 1.807) is 0 Å². The van der Waals surface area contributed by atoms with E-state index in [4.69, 9.17) is 10.5 Å². The molecule has 1 atom stereocenters. The van der Waals surface area contributed by atoms with Gasteiger partial charge in [-0.2, -0.15) is 0 Å². The third-order valence-electron chi connectivity index (χ3n) is 4.16. The molecule has 0 aliphatic carbocycles. The number of hydrogen-bond acceptors (Lipinski definition) is 3. The summed E-state index contributed by atoms with van der Waals surface area (Å²) in [5.74, 6) is 0. The second-order valence-corrected chi connectivity index (χ2v) is 5.37. The number of rotatable bonds is 4. The van der Waals surface area contributed by atoms with E-state index in [0.717, 1.165) is 32.6 Å². The molecule has 100 valence electrons. The van der Waals surface area contributed by atoms with Gasteiger partial charge in [-0.1, -0.05) is 24.3 Å². The van der Waals surface area contributed by atoms with Crippen molar-refractivity contribution < 1.29 is 4.74 Å². The molecule has 1 aromatic carbocycles. The van der Waals surface area contributed by atoms with E-state index in [2.05, 4.69) is 43.1 Å². The summed E-state index contributed by atoms with van der Waals surface area (Å²) in [6, 6.07) is 8.54. The molecule has 1 aliphatic heterocycles. The van der Waals surface area contributed by atoms with Gasteiger partial charge >= 0.3 is 0 Å². The van der Waals surface area contributed by atoms with Crippen molar-refractivity contribution in [2.45, 2.75) is 31.8 Å². The summed E-state index contributed by atoms with van der Waals surface area (Å²) >= 11 is 0. The first-order chi connectivity index (χ1) is 8.68. The Morgan fingerprint density at radius 3 is 2.78 bits per heavy atom. The van der Waals surface area contributed by atoms with E-state index in [9.17, 15) is 0 Å². The molecule has 1 aliphatic rings. The monoisotopic (exact) mass is 248 g/mol. The molecule has 0 bridgehead atoms. The fraction of sp³-hybridized carbons (Fsp3) is 0.600. The van der Waals surface area contributed by atoms with Gasteiger partial charge in [-0.25, -0.2) is 0 Å². The molecule has 1 aromatic rings. The molecule has 2 rings (SSSR count). The number of aryl methyl sites for hydroxylation is 1. The van der Waals surface area contributed by atoms with E-state index >= 15 is 0 Å². The molecule has 3 heteroatoms. The van der Waals surface area contributed by atoms with Gasteiger partial charge in [-0.15, -0.1) is 0 Å². The Hall–Kier alpha value is -0.900. The summed E-state index contributed by atoms with van der Waals surface area (Å²) < 4.78 is 5.64.